The van der Waals surface area contributed by atoms with E-state index in [4.69, 9.17) is 15.0 Å². The minimum atomic E-state index is -0.604. The SMILES string of the molecule is CCOC1CC(N)(c2nc(Cc3cccs3)no2)C1(C)C. The van der Waals surface area contributed by atoms with E-state index in [1.54, 1.807) is 11.3 Å². The summed E-state index contributed by atoms with van der Waals surface area (Å²) in [5.74, 6) is 1.21. The van der Waals surface area contributed by atoms with Gasteiger partial charge in [-0.25, -0.2) is 0 Å². The van der Waals surface area contributed by atoms with Crippen LogP contribution in [0.4, 0.5) is 0 Å². The lowest BCUT2D eigenvalue weighted by Crippen LogP contribution is -2.67. The van der Waals surface area contributed by atoms with Gasteiger partial charge in [0, 0.05) is 29.7 Å². The quantitative estimate of drug-likeness (QED) is 0.919. The Morgan fingerprint density at radius 2 is 2.33 bits per heavy atom. The number of nitrogens with zero attached hydrogens (tertiary/aromatic N) is 2. The number of nitrogens with two attached hydrogens (primary N) is 1. The molecule has 0 spiro atoms. The van der Waals surface area contributed by atoms with Crippen LogP contribution in [0.5, 0.6) is 0 Å². The molecule has 0 aliphatic heterocycles. The first-order chi connectivity index (χ1) is 9.97. The van der Waals surface area contributed by atoms with Crippen molar-refractivity contribution in [3.8, 4) is 0 Å². The van der Waals surface area contributed by atoms with Gasteiger partial charge in [0.05, 0.1) is 6.10 Å². The monoisotopic (exact) mass is 307 g/mol. The topological polar surface area (TPSA) is 74.2 Å². The lowest BCUT2D eigenvalue weighted by atomic mass is 9.54. The van der Waals surface area contributed by atoms with Gasteiger partial charge < -0.3 is 15.0 Å². The zero-order valence-corrected chi connectivity index (χ0v) is 13.4. The predicted octanol–water partition coefficient (Wildman–Crippen LogP) is 2.71. The van der Waals surface area contributed by atoms with Crippen molar-refractivity contribution in [3.63, 3.8) is 0 Å². The summed E-state index contributed by atoms with van der Waals surface area (Å²) in [5.41, 5.74) is 5.72. The summed E-state index contributed by atoms with van der Waals surface area (Å²) >= 11 is 1.69. The van der Waals surface area contributed by atoms with Crippen molar-refractivity contribution < 1.29 is 9.26 Å². The first-order valence-corrected chi connectivity index (χ1v) is 8.11. The number of hydrogen-bond donors (Lipinski definition) is 1. The van der Waals surface area contributed by atoms with E-state index in [0.717, 1.165) is 0 Å². The summed E-state index contributed by atoms with van der Waals surface area (Å²) in [6, 6.07) is 4.09. The van der Waals surface area contributed by atoms with Gasteiger partial charge in [-0.1, -0.05) is 25.1 Å². The van der Waals surface area contributed by atoms with Crippen molar-refractivity contribution in [1.82, 2.24) is 10.1 Å². The minimum Gasteiger partial charge on any atom is -0.378 e. The molecule has 6 heteroatoms. The molecule has 0 saturated heterocycles. The van der Waals surface area contributed by atoms with Crippen molar-refractivity contribution in [3.05, 3.63) is 34.1 Å². The maximum absolute atomic E-state index is 6.54. The smallest absolute Gasteiger partial charge is 0.247 e. The normalized spacial score (nSPS) is 27.5. The van der Waals surface area contributed by atoms with Gasteiger partial charge >= 0.3 is 0 Å². The van der Waals surface area contributed by atoms with Gasteiger partial charge in [-0.15, -0.1) is 11.3 Å². The lowest BCUT2D eigenvalue weighted by molar-refractivity contribution is -0.162. The largest absolute Gasteiger partial charge is 0.378 e. The summed E-state index contributed by atoms with van der Waals surface area (Å²) in [5, 5.41) is 6.12. The third-order valence-corrected chi connectivity index (χ3v) is 5.47. The van der Waals surface area contributed by atoms with Crippen LogP contribution in [0, 0.1) is 5.41 Å². The van der Waals surface area contributed by atoms with E-state index in [1.165, 1.54) is 4.88 Å². The molecular weight excluding hydrogens is 286 g/mol. The molecule has 0 radical (unpaired) electrons. The molecule has 2 aromatic rings. The second-order valence-electron chi connectivity index (χ2n) is 6.11. The van der Waals surface area contributed by atoms with E-state index >= 15 is 0 Å². The minimum absolute atomic E-state index is 0.139. The molecule has 3 rings (SSSR count). The molecule has 0 amide bonds. The predicted molar refractivity (Wildman–Crippen MR) is 81.1 cm³/mol. The van der Waals surface area contributed by atoms with Crippen LogP contribution >= 0.6 is 11.3 Å². The highest BCUT2D eigenvalue weighted by Crippen LogP contribution is 2.55. The lowest BCUT2D eigenvalue weighted by Gasteiger charge is -2.56. The fraction of sp³-hybridized carbons (Fsp3) is 0.600. The Hall–Kier alpha value is -1.24. The summed E-state index contributed by atoms with van der Waals surface area (Å²) < 4.78 is 11.2. The molecule has 2 atom stereocenters. The molecule has 0 bridgehead atoms. The van der Waals surface area contributed by atoms with Crippen LogP contribution in [-0.4, -0.2) is 22.9 Å². The van der Waals surface area contributed by atoms with E-state index < -0.39 is 5.54 Å². The zero-order valence-electron chi connectivity index (χ0n) is 12.6. The van der Waals surface area contributed by atoms with Gasteiger partial charge in [-0.3, -0.25) is 0 Å². The van der Waals surface area contributed by atoms with Gasteiger partial charge in [-0.2, -0.15) is 4.98 Å². The average molecular weight is 307 g/mol. The van der Waals surface area contributed by atoms with Crippen molar-refractivity contribution in [2.75, 3.05) is 6.61 Å². The van der Waals surface area contributed by atoms with Crippen molar-refractivity contribution in [1.29, 1.82) is 0 Å². The summed E-state index contributed by atoms with van der Waals surface area (Å²) in [6.45, 7) is 6.88. The second-order valence-corrected chi connectivity index (χ2v) is 7.15. The molecule has 21 heavy (non-hydrogen) atoms. The van der Waals surface area contributed by atoms with Crippen LogP contribution < -0.4 is 5.73 Å². The van der Waals surface area contributed by atoms with Crippen LogP contribution in [0.15, 0.2) is 22.0 Å². The van der Waals surface area contributed by atoms with Crippen LogP contribution in [0.3, 0.4) is 0 Å². The Kier molecular flexibility index (Phi) is 3.63. The molecule has 1 fully saturated rings. The molecule has 2 N–H and O–H groups in total. The first kappa shape index (κ1) is 14.7. The van der Waals surface area contributed by atoms with E-state index in [2.05, 4.69) is 30.1 Å². The van der Waals surface area contributed by atoms with Crippen molar-refractivity contribution in [2.24, 2.45) is 11.1 Å². The van der Waals surface area contributed by atoms with Gasteiger partial charge in [0.25, 0.3) is 0 Å². The van der Waals surface area contributed by atoms with Crippen LogP contribution in [-0.2, 0) is 16.7 Å². The first-order valence-electron chi connectivity index (χ1n) is 7.23. The highest BCUT2D eigenvalue weighted by molar-refractivity contribution is 7.09. The highest BCUT2D eigenvalue weighted by Gasteiger charge is 2.62. The Labute approximate surface area is 128 Å². The van der Waals surface area contributed by atoms with Crippen LogP contribution in [0.2, 0.25) is 0 Å². The number of rotatable bonds is 5. The van der Waals surface area contributed by atoms with E-state index in [-0.39, 0.29) is 11.5 Å². The summed E-state index contributed by atoms with van der Waals surface area (Å²) in [6.07, 6.45) is 1.54. The maximum Gasteiger partial charge on any atom is 0.247 e. The molecular formula is C15H21N3O2S. The molecule has 2 aromatic heterocycles. The van der Waals surface area contributed by atoms with E-state index in [1.807, 2.05) is 18.4 Å². The number of hydrogen-bond acceptors (Lipinski definition) is 6. The molecule has 114 valence electrons. The van der Waals surface area contributed by atoms with Gasteiger partial charge in [0.1, 0.15) is 5.54 Å². The molecule has 5 nitrogen and oxygen atoms in total. The van der Waals surface area contributed by atoms with E-state index in [9.17, 15) is 0 Å². The summed E-state index contributed by atoms with van der Waals surface area (Å²) in [4.78, 5) is 5.73. The van der Waals surface area contributed by atoms with Crippen molar-refractivity contribution >= 4 is 11.3 Å². The van der Waals surface area contributed by atoms with Crippen molar-refractivity contribution in [2.45, 2.75) is 45.3 Å². The molecule has 1 aliphatic carbocycles. The highest BCUT2D eigenvalue weighted by atomic mass is 32.1. The molecule has 0 aromatic carbocycles. The second kappa shape index (κ2) is 5.19. The number of thiophene rings is 1. The Balaban J connectivity index is 1.77. The molecule has 2 unspecified atom stereocenters. The van der Waals surface area contributed by atoms with Gasteiger partial charge in [0.15, 0.2) is 5.82 Å². The number of ether oxygens (including phenoxy) is 1. The average Bonchev–Trinajstić information content (AvgIpc) is 3.10. The fourth-order valence-corrected chi connectivity index (χ4v) is 3.58. The Morgan fingerprint density at radius 1 is 1.52 bits per heavy atom. The molecule has 1 aliphatic rings. The molecule has 2 heterocycles. The third-order valence-electron chi connectivity index (χ3n) is 4.59. The van der Waals surface area contributed by atoms with Crippen LogP contribution in [0.25, 0.3) is 0 Å². The summed E-state index contributed by atoms with van der Waals surface area (Å²) in [7, 11) is 0. The standard InChI is InChI=1S/C15H21N3O2S/c1-4-19-11-9-15(16,14(11,2)3)13-17-12(18-20-13)8-10-6-5-7-21-10/h5-7,11H,4,8-9,16H2,1-3H3. The maximum atomic E-state index is 6.54. The Morgan fingerprint density at radius 3 is 2.95 bits per heavy atom. The van der Waals surface area contributed by atoms with Gasteiger partial charge in [-0.05, 0) is 18.4 Å². The Bertz CT molecular complexity index is 608. The third kappa shape index (κ3) is 2.31. The number of aromatic nitrogens is 2. The molecule has 1 saturated carbocycles. The van der Waals surface area contributed by atoms with Gasteiger partial charge in [0.2, 0.25) is 5.89 Å². The van der Waals surface area contributed by atoms with E-state index in [0.29, 0.717) is 31.2 Å². The van der Waals surface area contributed by atoms with Crippen LogP contribution in [0.1, 0.15) is 43.8 Å². The fourth-order valence-electron chi connectivity index (χ4n) is 2.87. The zero-order chi connectivity index (χ0) is 15.1.